The molecule has 1 aromatic carbocycles. The number of carbonyl (C=O) groups is 4. The van der Waals surface area contributed by atoms with Gasteiger partial charge < -0.3 is 10.1 Å². The van der Waals surface area contributed by atoms with E-state index in [2.05, 4.69) is 26.6 Å². The standard InChI is InChI=1S/C20H16BrN3O5S/c1-8-5-10(18(27)29-2)17(30-8)24-15(25)11-7-22-20(14(11)16(24)26)12-6-9(21)3-4-13(12)23-19(20)28/h3-6,11,14,22H,7H2,1-2H3,(H,23,28)/t11-,14-,20+/m0/s1. The molecule has 4 heterocycles. The van der Waals surface area contributed by atoms with Gasteiger partial charge in [0.15, 0.2) is 0 Å². The monoisotopic (exact) mass is 489 g/mol. The summed E-state index contributed by atoms with van der Waals surface area (Å²) in [6, 6.07) is 6.95. The van der Waals surface area contributed by atoms with E-state index in [1.165, 1.54) is 18.4 Å². The number of amides is 3. The largest absolute Gasteiger partial charge is 0.465 e. The lowest BCUT2D eigenvalue weighted by molar-refractivity contribution is -0.130. The molecular formula is C20H16BrN3O5S. The number of hydrogen-bond donors (Lipinski definition) is 2. The number of aryl methyl sites for hydroxylation is 1. The number of fused-ring (bicyclic) bond motifs is 4. The summed E-state index contributed by atoms with van der Waals surface area (Å²) in [6.07, 6.45) is 0. The maximum atomic E-state index is 13.6. The number of nitrogens with one attached hydrogen (secondary N) is 2. The summed E-state index contributed by atoms with van der Waals surface area (Å²) in [5.74, 6) is -3.51. The Morgan fingerprint density at radius 3 is 2.77 bits per heavy atom. The first-order chi connectivity index (χ1) is 14.3. The van der Waals surface area contributed by atoms with Gasteiger partial charge in [0.1, 0.15) is 10.5 Å². The van der Waals surface area contributed by atoms with E-state index in [1.54, 1.807) is 31.2 Å². The summed E-state index contributed by atoms with van der Waals surface area (Å²) < 4.78 is 5.58. The third-order valence-electron chi connectivity index (χ3n) is 5.95. The van der Waals surface area contributed by atoms with Gasteiger partial charge in [0.25, 0.3) is 0 Å². The smallest absolute Gasteiger partial charge is 0.340 e. The van der Waals surface area contributed by atoms with Gasteiger partial charge in [0, 0.05) is 27.1 Å². The quantitative estimate of drug-likeness (QED) is 0.494. The van der Waals surface area contributed by atoms with Crippen molar-refractivity contribution in [2.75, 3.05) is 23.9 Å². The van der Waals surface area contributed by atoms with E-state index in [4.69, 9.17) is 4.74 Å². The van der Waals surface area contributed by atoms with E-state index < -0.39 is 35.2 Å². The molecule has 154 valence electrons. The summed E-state index contributed by atoms with van der Waals surface area (Å²) in [5.41, 5.74) is 0.0797. The molecule has 2 aromatic rings. The van der Waals surface area contributed by atoms with E-state index >= 15 is 0 Å². The molecule has 30 heavy (non-hydrogen) atoms. The van der Waals surface area contributed by atoms with Crippen LogP contribution in [0.1, 0.15) is 20.8 Å². The predicted molar refractivity (Wildman–Crippen MR) is 112 cm³/mol. The number of methoxy groups -OCH3 is 1. The van der Waals surface area contributed by atoms with Crippen LogP contribution in [-0.2, 0) is 24.7 Å². The number of nitrogens with zero attached hydrogens (tertiary/aromatic N) is 1. The van der Waals surface area contributed by atoms with Crippen LogP contribution in [0.25, 0.3) is 0 Å². The molecule has 3 aliphatic rings. The second kappa shape index (κ2) is 6.47. The fraction of sp³-hybridized carbons (Fsp3) is 0.300. The molecule has 3 aliphatic heterocycles. The Morgan fingerprint density at radius 1 is 1.27 bits per heavy atom. The van der Waals surface area contributed by atoms with Gasteiger partial charge in [0.2, 0.25) is 17.7 Å². The first kappa shape index (κ1) is 19.4. The minimum atomic E-state index is -1.33. The van der Waals surface area contributed by atoms with E-state index in [0.717, 1.165) is 14.2 Å². The number of hydrogen-bond acceptors (Lipinski definition) is 7. The lowest BCUT2D eigenvalue weighted by atomic mass is 9.77. The van der Waals surface area contributed by atoms with Crippen molar-refractivity contribution in [1.82, 2.24) is 5.32 Å². The number of rotatable bonds is 2. The molecule has 10 heteroatoms. The zero-order chi connectivity index (χ0) is 21.4. The molecule has 2 saturated heterocycles. The van der Waals surface area contributed by atoms with Gasteiger partial charge in [0.05, 0.1) is 24.5 Å². The van der Waals surface area contributed by atoms with Gasteiger partial charge in [-0.15, -0.1) is 11.3 Å². The highest BCUT2D eigenvalue weighted by atomic mass is 79.9. The molecule has 3 amide bonds. The first-order valence-electron chi connectivity index (χ1n) is 9.22. The van der Waals surface area contributed by atoms with Crippen LogP contribution < -0.4 is 15.5 Å². The minimum Gasteiger partial charge on any atom is -0.465 e. The van der Waals surface area contributed by atoms with E-state index in [0.29, 0.717) is 11.3 Å². The van der Waals surface area contributed by atoms with Crippen molar-refractivity contribution in [1.29, 1.82) is 0 Å². The molecule has 2 N–H and O–H groups in total. The molecule has 5 rings (SSSR count). The number of esters is 1. The molecule has 3 atom stereocenters. The van der Waals surface area contributed by atoms with Crippen molar-refractivity contribution in [2.45, 2.75) is 12.5 Å². The summed E-state index contributed by atoms with van der Waals surface area (Å²) in [6.45, 7) is 1.97. The van der Waals surface area contributed by atoms with Crippen LogP contribution in [0.4, 0.5) is 10.7 Å². The summed E-state index contributed by atoms with van der Waals surface area (Å²) >= 11 is 4.60. The molecule has 1 spiro atoms. The van der Waals surface area contributed by atoms with E-state index in [-0.39, 0.29) is 23.0 Å². The Kier molecular flexibility index (Phi) is 4.18. The van der Waals surface area contributed by atoms with Crippen LogP contribution in [-0.4, -0.2) is 37.3 Å². The lowest BCUT2D eigenvalue weighted by Gasteiger charge is -2.28. The number of imide groups is 1. The average Bonchev–Trinajstić information content (AvgIpc) is 3.42. The number of carbonyl (C=O) groups excluding carboxylic acids is 4. The average molecular weight is 490 g/mol. The molecule has 1 aromatic heterocycles. The van der Waals surface area contributed by atoms with Gasteiger partial charge in [-0.1, -0.05) is 15.9 Å². The van der Waals surface area contributed by atoms with E-state index in [9.17, 15) is 19.2 Å². The second-order valence-corrected chi connectivity index (χ2v) is 9.65. The molecule has 0 unspecified atom stereocenters. The molecular weight excluding hydrogens is 474 g/mol. The Labute approximate surface area is 183 Å². The first-order valence-corrected chi connectivity index (χ1v) is 10.8. The minimum absolute atomic E-state index is 0.169. The number of halogens is 1. The van der Waals surface area contributed by atoms with Gasteiger partial charge in [-0.2, -0.15) is 0 Å². The molecule has 0 bridgehead atoms. The highest BCUT2D eigenvalue weighted by Gasteiger charge is 2.68. The van der Waals surface area contributed by atoms with Crippen molar-refractivity contribution >= 4 is 61.6 Å². The topological polar surface area (TPSA) is 105 Å². The Morgan fingerprint density at radius 2 is 2.03 bits per heavy atom. The Balaban J connectivity index is 1.64. The van der Waals surface area contributed by atoms with Crippen LogP contribution in [0.5, 0.6) is 0 Å². The van der Waals surface area contributed by atoms with Crippen LogP contribution in [0.15, 0.2) is 28.7 Å². The van der Waals surface area contributed by atoms with Crippen molar-refractivity contribution in [2.24, 2.45) is 11.8 Å². The maximum Gasteiger partial charge on any atom is 0.340 e. The lowest BCUT2D eigenvalue weighted by Crippen LogP contribution is -2.51. The zero-order valence-electron chi connectivity index (χ0n) is 15.9. The Bertz CT molecular complexity index is 1160. The third-order valence-corrected chi connectivity index (χ3v) is 7.48. The number of thiophene rings is 1. The molecule has 0 aliphatic carbocycles. The highest BCUT2D eigenvalue weighted by molar-refractivity contribution is 9.10. The third kappa shape index (κ3) is 2.35. The van der Waals surface area contributed by atoms with Gasteiger partial charge in [-0.05, 0) is 31.2 Å². The van der Waals surface area contributed by atoms with Crippen LogP contribution >= 0.6 is 27.3 Å². The van der Waals surface area contributed by atoms with Crippen LogP contribution in [0.2, 0.25) is 0 Å². The van der Waals surface area contributed by atoms with Crippen LogP contribution in [0.3, 0.4) is 0 Å². The number of anilines is 2. The summed E-state index contributed by atoms with van der Waals surface area (Å²) in [4.78, 5) is 54.0. The van der Waals surface area contributed by atoms with E-state index in [1.807, 2.05) is 0 Å². The van der Waals surface area contributed by atoms with Gasteiger partial charge in [-0.25, -0.2) is 9.69 Å². The van der Waals surface area contributed by atoms with Crippen molar-refractivity contribution in [3.8, 4) is 0 Å². The van der Waals surface area contributed by atoms with Crippen molar-refractivity contribution < 1.29 is 23.9 Å². The van der Waals surface area contributed by atoms with Crippen LogP contribution in [0, 0.1) is 18.8 Å². The highest BCUT2D eigenvalue weighted by Crippen LogP contribution is 2.52. The van der Waals surface area contributed by atoms with Gasteiger partial charge >= 0.3 is 5.97 Å². The second-order valence-electron chi connectivity index (χ2n) is 7.50. The van der Waals surface area contributed by atoms with Gasteiger partial charge in [-0.3, -0.25) is 19.7 Å². The van der Waals surface area contributed by atoms with Crippen molar-refractivity contribution in [3.05, 3.63) is 44.7 Å². The number of benzene rings is 1. The maximum absolute atomic E-state index is 13.6. The zero-order valence-corrected chi connectivity index (χ0v) is 18.3. The molecule has 0 radical (unpaired) electrons. The normalized spacial score (nSPS) is 26.9. The SMILES string of the molecule is COC(=O)c1cc(C)sc1N1C(=O)[C@H]2CN[C@@]3(C(=O)Nc4ccc(Br)cc43)[C@@H]2C1=O. The molecule has 2 fully saturated rings. The predicted octanol–water partition coefficient (Wildman–Crippen LogP) is 2.16. The molecule has 0 saturated carbocycles. The summed E-state index contributed by atoms with van der Waals surface area (Å²) in [7, 11) is 1.25. The Hall–Kier alpha value is -2.56. The fourth-order valence-corrected chi connectivity index (χ4v) is 6.07. The summed E-state index contributed by atoms with van der Waals surface area (Å²) in [5, 5.41) is 6.23. The molecule has 8 nitrogen and oxygen atoms in total. The fourth-order valence-electron chi connectivity index (χ4n) is 4.70. The van der Waals surface area contributed by atoms with Crippen molar-refractivity contribution in [3.63, 3.8) is 0 Å². The number of ether oxygens (including phenoxy) is 1.